The van der Waals surface area contributed by atoms with Crippen LogP contribution in [-0.2, 0) is 9.53 Å². The largest absolute Gasteiger partial charge is 0.493 e. The van der Waals surface area contributed by atoms with E-state index in [-0.39, 0.29) is 0 Å². The second kappa shape index (κ2) is 13.0. The average Bonchev–Trinajstić information content (AvgIpc) is 2.87. The first kappa shape index (κ1) is 24.8. The van der Waals surface area contributed by atoms with E-state index in [0.717, 1.165) is 39.6 Å². The minimum Gasteiger partial charge on any atom is -0.493 e. The molecule has 3 aromatic rings. The Labute approximate surface area is 206 Å². The standard InChI is InChI=1S/C30H26O3S/c1-4-30(31)33-21-5-20-32-28-16-10-25(11-17-28)8-14-27-15-9-26(22-23(27)2)7-6-24-12-18-29(34-3)19-13-24/h4,9-13,15-19,22H,1,5,20-21H2,2-3H3. The highest BCUT2D eigenvalue weighted by atomic mass is 32.2. The Morgan fingerprint density at radius 2 is 1.50 bits per heavy atom. The van der Waals surface area contributed by atoms with Crippen molar-refractivity contribution in [1.82, 2.24) is 0 Å². The van der Waals surface area contributed by atoms with Crippen molar-refractivity contribution in [2.45, 2.75) is 18.2 Å². The summed E-state index contributed by atoms with van der Waals surface area (Å²) in [6, 6.07) is 22.0. The summed E-state index contributed by atoms with van der Waals surface area (Å²) in [4.78, 5) is 12.2. The van der Waals surface area contributed by atoms with Gasteiger partial charge in [0, 0.05) is 39.6 Å². The summed E-state index contributed by atoms with van der Waals surface area (Å²) >= 11 is 1.72. The SMILES string of the molecule is C=CC(=O)OCCCOc1ccc(C#Cc2ccc(C#Cc3ccc(SC)cc3)cc2C)cc1. The lowest BCUT2D eigenvalue weighted by atomic mass is 10.0. The molecule has 3 nitrogen and oxygen atoms in total. The predicted octanol–water partition coefficient (Wildman–Crippen LogP) is 6.01. The highest BCUT2D eigenvalue weighted by Crippen LogP contribution is 2.15. The smallest absolute Gasteiger partial charge is 0.330 e. The zero-order valence-corrected chi connectivity index (χ0v) is 20.2. The Bertz CT molecular complexity index is 1250. The van der Waals surface area contributed by atoms with Gasteiger partial charge in [0.15, 0.2) is 0 Å². The summed E-state index contributed by atoms with van der Waals surface area (Å²) in [5, 5.41) is 0. The van der Waals surface area contributed by atoms with Gasteiger partial charge in [-0.25, -0.2) is 4.79 Å². The number of hydrogen-bond acceptors (Lipinski definition) is 4. The number of carbonyl (C=O) groups excluding carboxylic acids is 1. The molecule has 0 radical (unpaired) electrons. The van der Waals surface area contributed by atoms with E-state index in [0.29, 0.717) is 19.6 Å². The second-order valence-electron chi connectivity index (χ2n) is 7.36. The lowest BCUT2D eigenvalue weighted by Gasteiger charge is -2.06. The quantitative estimate of drug-likeness (QED) is 0.140. The fourth-order valence-corrected chi connectivity index (χ4v) is 3.36. The van der Waals surface area contributed by atoms with Gasteiger partial charge in [-0.2, -0.15) is 0 Å². The minimum absolute atomic E-state index is 0.309. The van der Waals surface area contributed by atoms with E-state index in [2.05, 4.69) is 54.7 Å². The van der Waals surface area contributed by atoms with Crippen LogP contribution in [0.5, 0.6) is 5.75 Å². The van der Waals surface area contributed by atoms with Gasteiger partial charge in [-0.3, -0.25) is 0 Å². The first-order valence-electron chi connectivity index (χ1n) is 10.9. The van der Waals surface area contributed by atoms with Gasteiger partial charge < -0.3 is 9.47 Å². The molecule has 0 saturated carbocycles. The van der Waals surface area contributed by atoms with Crippen molar-refractivity contribution >= 4 is 17.7 Å². The van der Waals surface area contributed by atoms with E-state index in [1.54, 1.807) is 11.8 Å². The van der Waals surface area contributed by atoms with Crippen molar-refractivity contribution in [1.29, 1.82) is 0 Å². The summed E-state index contributed by atoms with van der Waals surface area (Å²) in [6.45, 7) is 6.18. The molecule has 0 spiro atoms. The summed E-state index contributed by atoms with van der Waals surface area (Å²) in [5.74, 6) is 13.2. The van der Waals surface area contributed by atoms with E-state index in [1.165, 1.54) is 4.90 Å². The first-order valence-corrected chi connectivity index (χ1v) is 12.1. The maximum Gasteiger partial charge on any atom is 0.330 e. The third-order valence-electron chi connectivity index (χ3n) is 4.83. The zero-order chi connectivity index (χ0) is 24.2. The number of esters is 1. The van der Waals surface area contributed by atoms with Crippen molar-refractivity contribution in [2.24, 2.45) is 0 Å². The van der Waals surface area contributed by atoms with Gasteiger partial charge in [0.25, 0.3) is 0 Å². The van der Waals surface area contributed by atoms with Crippen molar-refractivity contribution < 1.29 is 14.3 Å². The highest BCUT2D eigenvalue weighted by Gasteiger charge is 1.99. The summed E-state index contributed by atoms with van der Waals surface area (Å²) in [6.07, 6.45) is 3.83. The van der Waals surface area contributed by atoms with Gasteiger partial charge in [0.1, 0.15) is 5.75 Å². The monoisotopic (exact) mass is 466 g/mol. The van der Waals surface area contributed by atoms with E-state index >= 15 is 0 Å². The van der Waals surface area contributed by atoms with Gasteiger partial charge in [-0.05, 0) is 85.5 Å². The average molecular weight is 467 g/mol. The van der Waals surface area contributed by atoms with Gasteiger partial charge in [0.2, 0.25) is 0 Å². The van der Waals surface area contributed by atoms with E-state index in [4.69, 9.17) is 9.47 Å². The fourth-order valence-electron chi connectivity index (χ4n) is 2.95. The zero-order valence-electron chi connectivity index (χ0n) is 19.4. The van der Waals surface area contributed by atoms with Crippen LogP contribution in [0.25, 0.3) is 0 Å². The third-order valence-corrected chi connectivity index (χ3v) is 5.58. The minimum atomic E-state index is -0.419. The van der Waals surface area contributed by atoms with Crippen LogP contribution in [0, 0.1) is 30.6 Å². The van der Waals surface area contributed by atoms with E-state index in [1.807, 2.05) is 55.5 Å². The highest BCUT2D eigenvalue weighted by molar-refractivity contribution is 7.98. The number of benzene rings is 3. The summed E-state index contributed by atoms with van der Waals surface area (Å²) < 4.78 is 10.6. The lowest BCUT2D eigenvalue weighted by molar-refractivity contribution is -0.137. The van der Waals surface area contributed by atoms with Crippen LogP contribution in [0.2, 0.25) is 0 Å². The number of ether oxygens (including phenoxy) is 2. The maximum atomic E-state index is 11.0. The molecular weight excluding hydrogens is 440 g/mol. The van der Waals surface area contributed by atoms with Crippen LogP contribution in [0.3, 0.4) is 0 Å². The Morgan fingerprint density at radius 3 is 2.15 bits per heavy atom. The van der Waals surface area contributed by atoms with Crippen LogP contribution in [-0.4, -0.2) is 25.4 Å². The molecule has 170 valence electrons. The number of rotatable bonds is 7. The molecule has 0 aliphatic carbocycles. The maximum absolute atomic E-state index is 11.0. The van der Waals surface area contributed by atoms with Crippen molar-refractivity contribution in [2.75, 3.05) is 19.5 Å². The Hall–Kier alpha value is -3.86. The molecule has 4 heteroatoms. The molecule has 0 unspecified atom stereocenters. The predicted molar refractivity (Wildman–Crippen MR) is 139 cm³/mol. The molecule has 0 bridgehead atoms. The van der Waals surface area contributed by atoms with E-state index < -0.39 is 5.97 Å². The van der Waals surface area contributed by atoms with Crippen molar-refractivity contribution in [3.05, 3.63) is 107 Å². The number of aryl methyl sites for hydroxylation is 1. The molecule has 0 aromatic heterocycles. The first-order chi connectivity index (χ1) is 16.6. The lowest BCUT2D eigenvalue weighted by Crippen LogP contribution is -2.06. The molecule has 34 heavy (non-hydrogen) atoms. The molecule has 3 aromatic carbocycles. The number of carbonyl (C=O) groups is 1. The molecule has 0 amide bonds. The van der Waals surface area contributed by atoms with Crippen molar-refractivity contribution in [3.63, 3.8) is 0 Å². The molecule has 3 rings (SSSR count). The fraction of sp³-hybridized carbons (Fsp3) is 0.167. The van der Waals surface area contributed by atoms with Gasteiger partial charge >= 0.3 is 5.97 Å². The Morgan fingerprint density at radius 1 is 0.882 bits per heavy atom. The molecule has 0 heterocycles. The molecule has 0 fully saturated rings. The van der Waals surface area contributed by atoms with Crippen LogP contribution in [0.1, 0.15) is 34.2 Å². The van der Waals surface area contributed by atoms with Crippen molar-refractivity contribution in [3.8, 4) is 29.4 Å². The van der Waals surface area contributed by atoms with Crippen LogP contribution >= 0.6 is 11.8 Å². The van der Waals surface area contributed by atoms with Crippen LogP contribution in [0.4, 0.5) is 0 Å². The van der Waals surface area contributed by atoms with Gasteiger partial charge in [-0.15, -0.1) is 11.8 Å². The van der Waals surface area contributed by atoms with Crippen LogP contribution in [0.15, 0.2) is 84.3 Å². The Kier molecular flexibility index (Phi) is 9.47. The normalized spacial score (nSPS) is 9.71. The number of thioether (sulfide) groups is 1. The third kappa shape index (κ3) is 7.93. The molecule has 0 saturated heterocycles. The van der Waals surface area contributed by atoms with Crippen LogP contribution < -0.4 is 4.74 Å². The number of hydrogen-bond donors (Lipinski definition) is 0. The van der Waals surface area contributed by atoms with Gasteiger partial charge in [-0.1, -0.05) is 30.3 Å². The van der Waals surface area contributed by atoms with E-state index in [9.17, 15) is 4.79 Å². The molecule has 0 aliphatic rings. The second-order valence-corrected chi connectivity index (χ2v) is 8.24. The molecule has 0 aliphatic heterocycles. The summed E-state index contributed by atoms with van der Waals surface area (Å²) in [7, 11) is 0. The molecule has 0 N–H and O–H groups in total. The summed E-state index contributed by atoms with van der Waals surface area (Å²) in [5.41, 5.74) is 4.95. The van der Waals surface area contributed by atoms with Gasteiger partial charge in [0.05, 0.1) is 13.2 Å². The Balaban J connectivity index is 1.55. The topological polar surface area (TPSA) is 35.5 Å². The molecular formula is C30H26O3S. The molecule has 0 atom stereocenters.